The minimum atomic E-state index is -0.340. The second kappa shape index (κ2) is 6.64. The normalized spacial score (nSPS) is 16.7. The highest BCUT2D eigenvalue weighted by Gasteiger charge is 2.37. The van der Waals surface area contributed by atoms with Gasteiger partial charge in [-0.3, -0.25) is 4.79 Å². The Labute approximate surface area is 122 Å². The lowest BCUT2D eigenvalue weighted by Crippen LogP contribution is -2.56. The van der Waals surface area contributed by atoms with Crippen molar-refractivity contribution >= 4 is 29.3 Å². The first-order chi connectivity index (χ1) is 9.13. The molecule has 0 atom stereocenters. The summed E-state index contributed by atoms with van der Waals surface area (Å²) in [5.74, 6) is 1.18. The van der Waals surface area contributed by atoms with Crippen LogP contribution < -0.4 is 5.32 Å². The van der Waals surface area contributed by atoms with Gasteiger partial charge in [0.05, 0.1) is 17.9 Å². The molecule has 1 fully saturated rings. The standard InChI is InChI=1S/C14H18ClNO2S/c15-12-4-1-3-11(7-12)8-19-9-13(18)16-14(10-17)5-2-6-14/h1,3-4,7,17H,2,5-6,8-10H2,(H,16,18). The van der Waals surface area contributed by atoms with Gasteiger partial charge < -0.3 is 10.4 Å². The number of aliphatic hydroxyl groups excluding tert-OH is 1. The summed E-state index contributed by atoms with van der Waals surface area (Å²) >= 11 is 7.46. The molecule has 3 nitrogen and oxygen atoms in total. The second-order valence-electron chi connectivity index (χ2n) is 4.96. The maximum atomic E-state index is 11.8. The lowest BCUT2D eigenvalue weighted by atomic mass is 9.77. The summed E-state index contributed by atoms with van der Waals surface area (Å²) in [5.41, 5.74) is 0.777. The van der Waals surface area contributed by atoms with E-state index < -0.39 is 0 Å². The predicted molar refractivity (Wildman–Crippen MR) is 79.4 cm³/mol. The number of carbonyl (C=O) groups excluding carboxylic acids is 1. The Hall–Kier alpha value is -0.710. The Morgan fingerprint density at radius 3 is 2.84 bits per heavy atom. The van der Waals surface area contributed by atoms with Gasteiger partial charge in [0.1, 0.15) is 0 Å². The topological polar surface area (TPSA) is 49.3 Å². The number of hydrogen-bond acceptors (Lipinski definition) is 3. The van der Waals surface area contributed by atoms with Crippen molar-refractivity contribution in [3.63, 3.8) is 0 Å². The maximum absolute atomic E-state index is 11.8. The molecule has 19 heavy (non-hydrogen) atoms. The van der Waals surface area contributed by atoms with E-state index in [1.165, 1.54) is 0 Å². The van der Waals surface area contributed by atoms with E-state index in [9.17, 15) is 9.90 Å². The van der Waals surface area contributed by atoms with Crippen LogP contribution in [0.3, 0.4) is 0 Å². The molecular formula is C14H18ClNO2S. The van der Waals surface area contributed by atoms with E-state index >= 15 is 0 Å². The van der Waals surface area contributed by atoms with Crippen LogP contribution in [0.25, 0.3) is 0 Å². The van der Waals surface area contributed by atoms with Gasteiger partial charge in [0.25, 0.3) is 0 Å². The zero-order chi connectivity index (χ0) is 13.7. The molecule has 5 heteroatoms. The van der Waals surface area contributed by atoms with Crippen molar-refractivity contribution in [3.8, 4) is 0 Å². The summed E-state index contributed by atoms with van der Waals surface area (Å²) < 4.78 is 0. The van der Waals surface area contributed by atoms with Crippen molar-refractivity contribution in [2.75, 3.05) is 12.4 Å². The maximum Gasteiger partial charge on any atom is 0.230 e. The first-order valence-corrected chi connectivity index (χ1v) is 7.91. The number of rotatable bonds is 6. The zero-order valence-corrected chi connectivity index (χ0v) is 12.3. The third-order valence-electron chi connectivity index (χ3n) is 3.41. The van der Waals surface area contributed by atoms with E-state index in [-0.39, 0.29) is 18.1 Å². The Balaban J connectivity index is 1.72. The highest BCUT2D eigenvalue weighted by molar-refractivity contribution is 7.99. The van der Waals surface area contributed by atoms with Gasteiger partial charge in [-0.25, -0.2) is 0 Å². The Kier molecular flexibility index (Phi) is 5.13. The van der Waals surface area contributed by atoms with Gasteiger partial charge in [-0.05, 0) is 37.0 Å². The Morgan fingerprint density at radius 2 is 2.26 bits per heavy atom. The second-order valence-corrected chi connectivity index (χ2v) is 6.38. The molecule has 0 unspecified atom stereocenters. The van der Waals surface area contributed by atoms with Crippen LogP contribution in [0.5, 0.6) is 0 Å². The summed E-state index contributed by atoms with van der Waals surface area (Å²) in [6.07, 6.45) is 2.85. The first kappa shape index (κ1) is 14.7. The van der Waals surface area contributed by atoms with Crippen LogP contribution in [0.4, 0.5) is 0 Å². The van der Waals surface area contributed by atoms with Crippen LogP contribution in [-0.4, -0.2) is 28.9 Å². The van der Waals surface area contributed by atoms with Crippen molar-refractivity contribution in [1.82, 2.24) is 5.32 Å². The fourth-order valence-corrected chi connectivity index (χ4v) is 3.13. The van der Waals surface area contributed by atoms with Crippen molar-refractivity contribution < 1.29 is 9.90 Å². The molecule has 1 amide bonds. The summed E-state index contributed by atoms with van der Waals surface area (Å²) in [6, 6.07) is 7.66. The molecule has 1 aromatic rings. The van der Waals surface area contributed by atoms with Crippen molar-refractivity contribution in [3.05, 3.63) is 34.9 Å². The molecule has 1 saturated carbocycles. The average molecular weight is 300 g/mol. The fourth-order valence-electron chi connectivity index (χ4n) is 2.15. The van der Waals surface area contributed by atoms with Gasteiger partial charge in [0.15, 0.2) is 0 Å². The van der Waals surface area contributed by atoms with Crippen LogP contribution >= 0.6 is 23.4 Å². The van der Waals surface area contributed by atoms with Crippen molar-refractivity contribution in [2.24, 2.45) is 0 Å². The predicted octanol–water partition coefficient (Wildman–Crippen LogP) is 2.60. The zero-order valence-electron chi connectivity index (χ0n) is 10.7. The highest BCUT2D eigenvalue weighted by atomic mass is 35.5. The quantitative estimate of drug-likeness (QED) is 0.849. The minimum Gasteiger partial charge on any atom is -0.394 e. The van der Waals surface area contributed by atoms with Crippen molar-refractivity contribution in [2.45, 2.75) is 30.6 Å². The van der Waals surface area contributed by atoms with E-state index in [0.29, 0.717) is 5.75 Å². The summed E-state index contributed by atoms with van der Waals surface area (Å²) in [5, 5.41) is 12.9. The number of benzene rings is 1. The van der Waals surface area contributed by atoms with Crippen LogP contribution in [-0.2, 0) is 10.5 Å². The van der Waals surface area contributed by atoms with Crippen LogP contribution in [0.2, 0.25) is 5.02 Å². The number of thioether (sulfide) groups is 1. The monoisotopic (exact) mass is 299 g/mol. The van der Waals surface area contributed by atoms with Gasteiger partial charge in [-0.15, -0.1) is 11.8 Å². The average Bonchev–Trinajstić information content (AvgIpc) is 2.34. The van der Waals surface area contributed by atoms with Gasteiger partial charge in [-0.2, -0.15) is 0 Å². The molecule has 0 aliphatic heterocycles. The largest absolute Gasteiger partial charge is 0.394 e. The molecule has 0 radical (unpaired) electrons. The molecule has 2 rings (SSSR count). The number of carbonyl (C=O) groups is 1. The van der Waals surface area contributed by atoms with Gasteiger partial charge in [0.2, 0.25) is 5.91 Å². The number of halogens is 1. The summed E-state index contributed by atoms with van der Waals surface area (Å²) in [6.45, 7) is 0.0394. The molecule has 1 aliphatic rings. The molecule has 2 N–H and O–H groups in total. The number of aliphatic hydroxyl groups is 1. The van der Waals surface area contributed by atoms with Crippen LogP contribution in [0.1, 0.15) is 24.8 Å². The molecule has 1 aromatic carbocycles. The van der Waals surface area contributed by atoms with Crippen molar-refractivity contribution in [1.29, 1.82) is 0 Å². The lowest BCUT2D eigenvalue weighted by molar-refractivity contribution is -0.122. The highest BCUT2D eigenvalue weighted by Crippen LogP contribution is 2.31. The third kappa shape index (κ3) is 4.13. The first-order valence-electron chi connectivity index (χ1n) is 6.38. The lowest BCUT2D eigenvalue weighted by Gasteiger charge is -2.40. The van der Waals surface area contributed by atoms with Crippen LogP contribution in [0.15, 0.2) is 24.3 Å². The SMILES string of the molecule is O=C(CSCc1cccc(Cl)c1)NC1(CO)CCC1. The smallest absolute Gasteiger partial charge is 0.230 e. The molecule has 1 aliphatic carbocycles. The molecule has 0 spiro atoms. The Bertz CT molecular complexity index is 443. The number of nitrogens with one attached hydrogen (secondary N) is 1. The summed E-state index contributed by atoms with van der Waals surface area (Å²) in [4.78, 5) is 11.8. The van der Waals surface area contributed by atoms with Gasteiger partial charge in [0, 0.05) is 10.8 Å². The molecule has 0 aromatic heterocycles. The van der Waals surface area contributed by atoms with E-state index in [1.807, 2.05) is 24.3 Å². The number of hydrogen-bond donors (Lipinski definition) is 2. The molecule has 104 valence electrons. The fraction of sp³-hybridized carbons (Fsp3) is 0.500. The van der Waals surface area contributed by atoms with Gasteiger partial charge in [-0.1, -0.05) is 23.7 Å². The third-order valence-corrected chi connectivity index (χ3v) is 4.65. The van der Waals surface area contributed by atoms with E-state index in [0.717, 1.165) is 35.6 Å². The molecule has 0 saturated heterocycles. The Morgan fingerprint density at radius 1 is 1.47 bits per heavy atom. The van der Waals surface area contributed by atoms with E-state index in [2.05, 4.69) is 5.32 Å². The van der Waals surface area contributed by atoms with Crippen LogP contribution in [0, 0.1) is 0 Å². The molecular weight excluding hydrogens is 282 g/mol. The van der Waals surface area contributed by atoms with E-state index in [4.69, 9.17) is 11.6 Å². The number of amides is 1. The molecule has 0 heterocycles. The molecule has 0 bridgehead atoms. The minimum absolute atomic E-state index is 0.000720. The van der Waals surface area contributed by atoms with Gasteiger partial charge >= 0.3 is 0 Å². The van der Waals surface area contributed by atoms with E-state index in [1.54, 1.807) is 11.8 Å². The summed E-state index contributed by atoms with van der Waals surface area (Å²) in [7, 11) is 0.